The first-order valence-corrected chi connectivity index (χ1v) is 7.29. The number of carbonyl (C=O) groups excluding carboxylic acids is 1. The molecule has 1 amide bonds. The Balaban J connectivity index is 2.54. The largest absolute Gasteiger partial charge is 0.383 e. The maximum atomic E-state index is 11.7. The average Bonchev–Trinajstić information content (AvgIpc) is 2.88. The van der Waals surface area contributed by atoms with Gasteiger partial charge in [0, 0.05) is 52.6 Å². The van der Waals surface area contributed by atoms with Gasteiger partial charge >= 0.3 is 0 Å². The summed E-state index contributed by atoms with van der Waals surface area (Å²) >= 11 is 0. The van der Waals surface area contributed by atoms with Crippen molar-refractivity contribution in [3.63, 3.8) is 0 Å². The molecular formula is C14H26N6O2. The first kappa shape index (κ1) is 18.0. The lowest BCUT2D eigenvalue weighted by molar-refractivity contribution is -0.119. The summed E-state index contributed by atoms with van der Waals surface area (Å²) in [7, 11) is 5.41. The SMILES string of the molecule is CCNC(=NCC(=O)NCCOC)N(C)Cc1cnn(C)c1. The molecule has 124 valence electrons. The number of hydrogen-bond donors (Lipinski definition) is 2. The monoisotopic (exact) mass is 310 g/mol. The predicted octanol–water partition coefficient (Wildman–Crippen LogP) is -0.420. The summed E-state index contributed by atoms with van der Waals surface area (Å²) in [5.74, 6) is 0.565. The Bertz CT molecular complexity index is 485. The Morgan fingerprint density at radius 3 is 2.86 bits per heavy atom. The number of nitrogens with one attached hydrogen (secondary N) is 2. The summed E-state index contributed by atoms with van der Waals surface area (Å²) in [4.78, 5) is 18.0. The first-order chi connectivity index (χ1) is 10.6. The molecular weight excluding hydrogens is 284 g/mol. The molecule has 1 rings (SSSR count). The Kier molecular flexibility index (Phi) is 7.98. The summed E-state index contributed by atoms with van der Waals surface area (Å²) in [6.45, 7) is 4.48. The van der Waals surface area contributed by atoms with E-state index in [9.17, 15) is 4.79 Å². The van der Waals surface area contributed by atoms with Gasteiger partial charge in [-0.3, -0.25) is 9.48 Å². The van der Waals surface area contributed by atoms with Crippen LogP contribution in [0.3, 0.4) is 0 Å². The quantitative estimate of drug-likeness (QED) is 0.387. The second kappa shape index (κ2) is 9.78. The zero-order valence-electron chi connectivity index (χ0n) is 13.8. The summed E-state index contributed by atoms with van der Waals surface area (Å²) in [5.41, 5.74) is 1.08. The van der Waals surface area contributed by atoms with E-state index in [1.807, 2.05) is 38.3 Å². The fraction of sp³-hybridized carbons (Fsp3) is 0.643. The Hall–Kier alpha value is -2.09. The summed E-state index contributed by atoms with van der Waals surface area (Å²) in [6.07, 6.45) is 3.77. The molecule has 22 heavy (non-hydrogen) atoms. The van der Waals surface area contributed by atoms with Crippen LogP contribution in [-0.2, 0) is 23.1 Å². The molecule has 0 aliphatic heterocycles. The van der Waals surface area contributed by atoms with Gasteiger partial charge in [-0.1, -0.05) is 0 Å². The fourth-order valence-corrected chi connectivity index (χ4v) is 1.87. The van der Waals surface area contributed by atoms with Gasteiger partial charge in [0.05, 0.1) is 12.8 Å². The van der Waals surface area contributed by atoms with Gasteiger partial charge in [-0.25, -0.2) is 4.99 Å². The number of amides is 1. The third kappa shape index (κ3) is 6.57. The van der Waals surface area contributed by atoms with E-state index in [2.05, 4.69) is 20.7 Å². The van der Waals surface area contributed by atoms with Gasteiger partial charge in [-0.2, -0.15) is 5.10 Å². The van der Waals surface area contributed by atoms with Crippen LogP contribution in [0.1, 0.15) is 12.5 Å². The zero-order chi connectivity index (χ0) is 16.4. The van der Waals surface area contributed by atoms with Crippen LogP contribution in [0.5, 0.6) is 0 Å². The summed E-state index contributed by atoms with van der Waals surface area (Å²) in [5, 5.41) is 10.1. The van der Waals surface area contributed by atoms with Gasteiger partial charge in [0.25, 0.3) is 0 Å². The number of hydrogen-bond acceptors (Lipinski definition) is 4. The number of aryl methyl sites for hydroxylation is 1. The fourth-order valence-electron chi connectivity index (χ4n) is 1.87. The van der Waals surface area contributed by atoms with Crippen molar-refractivity contribution < 1.29 is 9.53 Å². The topological polar surface area (TPSA) is 83.8 Å². The van der Waals surface area contributed by atoms with Crippen molar-refractivity contribution in [1.29, 1.82) is 0 Å². The molecule has 0 aliphatic carbocycles. The zero-order valence-corrected chi connectivity index (χ0v) is 13.8. The standard InChI is InChI=1S/C14H26N6O2/c1-5-15-14(17-9-13(21)16-6-7-22-4)19(2)10-12-8-18-20(3)11-12/h8,11H,5-7,9-10H2,1-4H3,(H,15,17)(H,16,21). The maximum absolute atomic E-state index is 11.7. The number of rotatable bonds is 8. The molecule has 1 heterocycles. The van der Waals surface area contributed by atoms with Gasteiger partial charge in [0.2, 0.25) is 5.91 Å². The van der Waals surface area contributed by atoms with E-state index in [1.54, 1.807) is 11.8 Å². The smallest absolute Gasteiger partial charge is 0.241 e. The highest BCUT2D eigenvalue weighted by Gasteiger charge is 2.08. The van der Waals surface area contributed by atoms with E-state index >= 15 is 0 Å². The van der Waals surface area contributed by atoms with Crippen molar-refractivity contribution in [2.24, 2.45) is 12.0 Å². The molecule has 0 unspecified atom stereocenters. The van der Waals surface area contributed by atoms with Gasteiger partial charge in [-0.15, -0.1) is 0 Å². The van der Waals surface area contributed by atoms with Crippen LogP contribution in [0, 0.1) is 0 Å². The lowest BCUT2D eigenvalue weighted by Crippen LogP contribution is -2.39. The van der Waals surface area contributed by atoms with Crippen LogP contribution in [0.15, 0.2) is 17.4 Å². The van der Waals surface area contributed by atoms with E-state index in [1.165, 1.54) is 0 Å². The maximum Gasteiger partial charge on any atom is 0.241 e. The first-order valence-electron chi connectivity index (χ1n) is 7.29. The number of carbonyl (C=O) groups is 1. The summed E-state index contributed by atoms with van der Waals surface area (Å²) < 4.78 is 6.64. The minimum Gasteiger partial charge on any atom is -0.383 e. The number of aromatic nitrogens is 2. The third-order valence-electron chi connectivity index (χ3n) is 2.88. The van der Waals surface area contributed by atoms with E-state index in [0.717, 1.165) is 12.1 Å². The molecule has 0 bridgehead atoms. The predicted molar refractivity (Wildman–Crippen MR) is 85.5 cm³/mol. The van der Waals surface area contributed by atoms with Crippen molar-refractivity contribution in [1.82, 2.24) is 25.3 Å². The second-order valence-electron chi connectivity index (χ2n) is 4.89. The van der Waals surface area contributed by atoms with Crippen LogP contribution in [-0.4, -0.2) is 66.9 Å². The van der Waals surface area contributed by atoms with Crippen LogP contribution in [0.2, 0.25) is 0 Å². The van der Waals surface area contributed by atoms with E-state index in [0.29, 0.717) is 25.7 Å². The van der Waals surface area contributed by atoms with E-state index in [4.69, 9.17) is 4.74 Å². The third-order valence-corrected chi connectivity index (χ3v) is 2.88. The normalized spacial score (nSPS) is 11.4. The average molecular weight is 310 g/mol. The van der Waals surface area contributed by atoms with Crippen LogP contribution >= 0.6 is 0 Å². The highest BCUT2D eigenvalue weighted by atomic mass is 16.5. The molecule has 0 spiro atoms. The lowest BCUT2D eigenvalue weighted by Gasteiger charge is -2.21. The molecule has 1 aromatic rings. The van der Waals surface area contributed by atoms with Crippen molar-refractivity contribution in [2.45, 2.75) is 13.5 Å². The Labute approximate surface area is 131 Å². The molecule has 8 nitrogen and oxygen atoms in total. The molecule has 0 aromatic carbocycles. The molecule has 0 saturated carbocycles. The summed E-state index contributed by atoms with van der Waals surface area (Å²) in [6, 6.07) is 0. The molecule has 2 N–H and O–H groups in total. The molecule has 0 atom stereocenters. The van der Waals surface area contributed by atoms with Crippen molar-refractivity contribution >= 4 is 11.9 Å². The van der Waals surface area contributed by atoms with Crippen molar-refractivity contribution in [3.8, 4) is 0 Å². The van der Waals surface area contributed by atoms with Crippen molar-refractivity contribution in [2.75, 3.05) is 40.4 Å². The number of ether oxygens (including phenoxy) is 1. The number of methoxy groups -OCH3 is 1. The van der Waals surface area contributed by atoms with Crippen LogP contribution in [0.4, 0.5) is 0 Å². The molecule has 1 aromatic heterocycles. The second-order valence-corrected chi connectivity index (χ2v) is 4.89. The van der Waals surface area contributed by atoms with Gasteiger partial charge in [0.1, 0.15) is 6.54 Å². The minimum atomic E-state index is -0.123. The highest BCUT2D eigenvalue weighted by molar-refractivity contribution is 5.84. The lowest BCUT2D eigenvalue weighted by atomic mass is 10.3. The Morgan fingerprint density at radius 2 is 2.27 bits per heavy atom. The number of nitrogens with zero attached hydrogens (tertiary/aromatic N) is 4. The van der Waals surface area contributed by atoms with Gasteiger partial charge in [-0.05, 0) is 6.92 Å². The van der Waals surface area contributed by atoms with Gasteiger partial charge < -0.3 is 20.3 Å². The molecule has 8 heteroatoms. The molecule has 0 fully saturated rings. The van der Waals surface area contributed by atoms with Crippen LogP contribution < -0.4 is 10.6 Å². The van der Waals surface area contributed by atoms with Crippen LogP contribution in [0.25, 0.3) is 0 Å². The number of guanidine groups is 1. The highest BCUT2D eigenvalue weighted by Crippen LogP contribution is 2.01. The van der Waals surface area contributed by atoms with E-state index in [-0.39, 0.29) is 12.5 Å². The van der Waals surface area contributed by atoms with E-state index < -0.39 is 0 Å². The molecule has 0 aliphatic rings. The van der Waals surface area contributed by atoms with Crippen molar-refractivity contribution in [3.05, 3.63) is 18.0 Å². The minimum absolute atomic E-state index is 0.0867. The molecule has 0 radical (unpaired) electrons. The van der Waals surface area contributed by atoms with Gasteiger partial charge in [0.15, 0.2) is 5.96 Å². The Morgan fingerprint density at radius 1 is 1.50 bits per heavy atom. The number of aliphatic imine (C=N–C) groups is 1. The molecule has 0 saturated heterocycles.